The Morgan fingerprint density at radius 3 is 2.77 bits per heavy atom. The number of rotatable bonds is 4. The molecule has 1 aromatic heterocycles. The molecule has 0 spiro atoms. The summed E-state index contributed by atoms with van der Waals surface area (Å²) >= 11 is 0. The molecule has 2 aromatic carbocycles. The van der Waals surface area contributed by atoms with E-state index >= 15 is 0 Å². The highest BCUT2D eigenvalue weighted by molar-refractivity contribution is 5.86. The van der Waals surface area contributed by atoms with Gasteiger partial charge in [-0.2, -0.15) is 0 Å². The largest absolute Gasteiger partial charge is 0.508 e. The third kappa shape index (κ3) is 2.69. The first-order chi connectivity index (χ1) is 10.7. The molecule has 0 unspecified atom stereocenters. The van der Waals surface area contributed by atoms with Crippen molar-refractivity contribution in [2.75, 3.05) is 13.7 Å². The standard InChI is InChI=1S/C18H16O4/c1-21-17-11-14(20)5-6-15(17)18-10-13-9-12(3-2-8-19)4-7-16(13)22-18/h2-7,9-11,19-20H,8H2,1H3/b3-2+. The lowest BCUT2D eigenvalue weighted by Crippen LogP contribution is -1.86. The predicted octanol–water partition coefficient (Wildman–Crippen LogP) is 3.82. The predicted molar refractivity (Wildman–Crippen MR) is 86.0 cm³/mol. The normalized spacial score (nSPS) is 11.4. The number of hydrogen-bond donors (Lipinski definition) is 2. The molecule has 3 aromatic rings. The van der Waals surface area contributed by atoms with Crippen molar-refractivity contribution in [3.63, 3.8) is 0 Å². The minimum atomic E-state index is 0.0133. The van der Waals surface area contributed by atoms with Gasteiger partial charge in [-0.1, -0.05) is 18.2 Å². The van der Waals surface area contributed by atoms with Crippen LogP contribution in [0.5, 0.6) is 11.5 Å². The lowest BCUT2D eigenvalue weighted by atomic mass is 10.1. The second kappa shape index (κ2) is 5.95. The lowest BCUT2D eigenvalue weighted by Gasteiger charge is -2.06. The molecule has 3 rings (SSSR count). The van der Waals surface area contributed by atoms with Crippen molar-refractivity contribution in [3.05, 3.63) is 54.1 Å². The maximum Gasteiger partial charge on any atom is 0.139 e. The molecule has 0 saturated carbocycles. The van der Waals surface area contributed by atoms with Gasteiger partial charge in [0.05, 0.1) is 19.3 Å². The molecule has 1 heterocycles. The molecule has 0 amide bonds. The summed E-state index contributed by atoms with van der Waals surface area (Å²) in [6.07, 6.45) is 3.54. The van der Waals surface area contributed by atoms with Gasteiger partial charge >= 0.3 is 0 Å². The monoisotopic (exact) mass is 296 g/mol. The Morgan fingerprint density at radius 1 is 1.14 bits per heavy atom. The molecular weight excluding hydrogens is 280 g/mol. The second-order valence-corrected chi connectivity index (χ2v) is 4.88. The van der Waals surface area contributed by atoms with Gasteiger partial charge in [-0.3, -0.25) is 0 Å². The van der Waals surface area contributed by atoms with E-state index in [1.807, 2.05) is 30.3 Å². The average molecular weight is 296 g/mol. The van der Waals surface area contributed by atoms with Gasteiger partial charge < -0.3 is 19.4 Å². The smallest absolute Gasteiger partial charge is 0.139 e. The summed E-state index contributed by atoms with van der Waals surface area (Å²) in [4.78, 5) is 0. The minimum Gasteiger partial charge on any atom is -0.508 e. The first-order valence-corrected chi connectivity index (χ1v) is 6.89. The summed E-state index contributed by atoms with van der Waals surface area (Å²) < 4.78 is 11.2. The van der Waals surface area contributed by atoms with E-state index in [4.69, 9.17) is 14.3 Å². The number of phenols is 1. The van der Waals surface area contributed by atoms with Crippen molar-refractivity contribution >= 4 is 17.0 Å². The molecule has 22 heavy (non-hydrogen) atoms. The first-order valence-electron chi connectivity index (χ1n) is 6.89. The molecule has 0 atom stereocenters. The third-order valence-electron chi connectivity index (χ3n) is 3.41. The van der Waals surface area contributed by atoms with E-state index in [-0.39, 0.29) is 12.4 Å². The van der Waals surface area contributed by atoms with Gasteiger partial charge in [0, 0.05) is 11.5 Å². The van der Waals surface area contributed by atoms with Gasteiger partial charge in [-0.25, -0.2) is 0 Å². The summed E-state index contributed by atoms with van der Waals surface area (Å²) in [5.74, 6) is 1.38. The van der Waals surface area contributed by atoms with Crippen LogP contribution < -0.4 is 4.74 Å². The first kappa shape index (κ1) is 14.2. The van der Waals surface area contributed by atoms with Crippen molar-refractivity contribution in [1.29, 1.82) is 0 Å². The summed E-state index contributed by atoms with van der Waals surface area (Å²) in [5.41, 5.74) is 2.54. The Hall–Kier alpha value is -2.72. The van der Waals surface area contributed by atoms with Crippen LogP contribution in [-0.4, -0.2) is 23.9 Å². The van der Waals surface area contributed by atoms with E-state index in [1.165, 1.54) is 0 Å². The van der Waals surface area contributed by atoms with E-state index in [1.54, 1.807) is 31.4 Å². The molecule has 0 saturated heterocycles. The Bertz CT molecular complexity index is 830. The highest BCUT2D eigenvalue weighted by Gasteiger charge is 2.12. The molecule has 112 valence electrons. The number of ether oxygens (including phenoxy) is 1. The van der Waals surface area contributed by atoms with Crippen LogP contribution >= 0.6 is 0 Å². The average Bonchev–Trinajstić information content (AvgIpc) is 2.95. The number of benzene rings is 2. The third-order valence-corrected chi connectivity index (χ3v) is 3.41. The zero-order chi connectivity index (χ0) is 15.5. The fourth-order valence-corrected chi connectivity index (χ4v) is 2.37. The van der Waals surface area contributed by atoms with Gasteiger partial charge in [0.2, 0.25) is 0 Å². The number of phenolic OH excluding ortho intramolecular Hbond substituents is 1. The van der Waals surface area contributed by atoms with Crippen LogP contribution in [0.1, 0.15) is 5.56 Å². The molecule has 0 radical (unpaired) electrons. The number of methoxy groups -OCH3 is 1. The number of hydrogen-bond acceptors (Lipinski definition) is 4. The Balaban J connectivity index is 2.07. The van der Waals surface area contributed by atoms with Gasteiger partial charge in [0.15, 0.2) is 0 Å². The van der Waals surface area contributed by atoms with E-state index < -0.39 is 0 Å². The number of aromatic hydroxyl groups is 1. The molecule has 0 aliphatic rings. The lowest BCUT2D eigenvalue weighted by molar-refractivity contribution is 0.343. The maximum absolute atomic E-state index is 9.54. The zero-order valence-corrected chi connectivity index (χ0v) is 12.1. The SMILES string of the molecule is COc1cc(O)ccc1-c1cc2cc(/C=C/CO)ccc2o1. The molecule has 0 aliphatic carbocycles. The second-order valence-electron chi connectivity index (χ2n) is 4.88. The number of aliphatic hydroxyl groups is 1. The molecule has 2 N–H and O–H groups in total. The van der Waals surface area contributed by atoms with Crippen LogP contribution in [0.4, 0.5) is 0 Å². The molecule has 0 bridgehead atoms. The van der Waals surface area contributed by atoms with Crippen molar-refractivity contribution in [3.8, 4) is 22.8 Å². The fraction of sp³-hybridized carbons (Fsp3) is 0.111. The van der Waals surface area contributed by atoms with Crippen LogP contribution in [0.25, 0.3) is 28.4 Å². The van der Waals surface area contributed by atoms with Crippen LogP contribution in [-0.2, 0) is 0 Å². The van der Waals surface area contributed by atoms with Gasteiger partial charge in [0.1, 0.15) is 22.8 Å². The fourth-order valence-electron chi connectivity index (χ4n) is 2.37. The minimum absolute atomic E-state index is 0.0133. The van der Waals surface area contributed by atoms with Crippen molar-refractivity contribution in [2.45, 2.75) is 0 Å². The highest BCUT2D eigenvalue weighted by atomic mass is 16.5. The maximum atomic E-state index is 9.54. The zero-order valence-electron chi connectivity index (χ0n) is 12.1. The van der Waals surface area contributed by atoms with E-state index in [2.05, 4.69) is 0 Å². The number of aliphatic hydroxyl groups excluding tert-OH is 1. The van der Waals surface area contributed by atoms with Crippen molar-refractivity contribution < 1.29 is 19.4 Å². The molecule has 0 aliphatic heterocycles. The molecule has 0 fully saturated rings. The Morgan fingerprint density at radius 2 is 2.00 bits per heavy atom. The van der Waals surface area contributed by atoms with E-state index in [0.717, 1.165) is 22.1 Å². The summed E-state index contributed by atoms with van der Waals surface area (Å²) in [7, 11) is 1.55. The number of furan rings is 1. The van der Waals surface area contributed by atoms with Gasteiger partial charge in [-0.15, -0.1) is 0 Å². The van der Waals surface area contributed by atoms with Gasteiger partial charge in [0.25, 0.3) is 0 Å². The molecular formula is C18H16O4. The molecule has 4 nitrogen and oxygen atoms in total. The Labute approximate surface area is 127 Å². The van der Waals surface area contributed by atoms with Crippen LogP contribution in [0.3, 0.4) is 0 Å². The van der Waals surface area contributed by atoms with Crippen LogP contribution in [0.15, 0.2) is 53.0 Å². The van der Waals surface area contributed by atoms with Crippen molar-refractivity contribution in [1.82, 2.24) is 0 Å². The summed E-state index contributed by atoms with van der Waals surface area (Å²) in [6, 6.07) is 12.7. The molecule has 4 heteroatoms. The summed E-state index contributed by atoms with van der Waals surface area (Å²) in [5, 5.41) is 19.3. The Kier molecular flexibility index (Phi) is 3.85. The number of fused-ring (bicyclic) bond motifs is 1. The highest BCUT2D eigenvalue weighted by Crippen LogP contribution is 2.36. The quantitative estimate of drug-likeness (QED) is 0.768. The summed E-state index contributed by atoms with van der Waals surface area (Å²) in [6.45, 7) is 0.0133. The van der Waals surface area contributed by atoms with E-state index in [0.29, 0.717) is 11.5 Å². The van der Waals surface area contributed by atoms with Crippen LogP contribution in [0, 0.1) is 0 Å². The van der Waals surface area contributed by atoms with E-state index in [9.17, 15) is 5.11 Å². The van der Waals surface area contributed by atoms with Gasteiger partial charge in [-0.05, 0) is 35.9 Å². The topological polar surface area (TPSA) is 62.8 Å². The van der Waals surface area contributed by atoms with Crippen LogP contribution in [0.2, 0.25) is 0 Å². The van der Waals surface area contributed by atoms with Crippen molar-refractivity contribution in [2.24, 2.45) is 0 Å².